The fraction of sp³-hybridized carbons (Fsp3) is 0.636. The average molecular weight is 296 g/mol. The van der Waals surface area contributed by atoms with E-state index in [0.717, 1.165) is 36.5 Å². The van der Waals surface area contributed by atoms with E-state index in [2.05, 4.69) is 48.6 Å². The molecule has 3 aliphatic rings. The molecule has 0 aromatic carbocycles. The SMILES string of the molecule is C1=C/CC/C=C/C=C/CC2CCC(C/C=C/1)C2C1CCCC1. The van der Waals surface area contributed by atoms with Gasteiger partial charge in [-0.05, 0) is 62.2 Å². The molecule has 0 N–H and O–H groups in total. The standard InChI is InChI=1S/C22H32/c1-2-4-6-8-10-14-21-18-17-20(13-9-7-5-3-1)22(21)19-15-11-12-16-19/h3-10,19-22H,1-2,11-18H2/b5-3+,6-4+,9-7+,10-8+. The fourth-order valence-corrected chi connectivity index (χ4v) is 5.07. The first-order chi connectivity index (χ1) is 10.9. The van der Waals surface area contributed by atoms with Gasteiger partial charge in [0.05, 0.1) is 0 Å². The van der Waals surface area contributed by atoms with Gasteiger partial charge in [0, 0.05) is 0 Å². The Kier molecular flexibility index (Phi) is 6.16. The van der Waals surface area contributed by atoms with E-state index >= 15 is 0 Å². The van der Waals surface area contributed by atoms with E-state index in [1.165, 1.54) is 51.4 Å². The van der Waals surface area contributed by atoms with Crippen molar-refractivity contribution in [2.75, 3.05) is 0 Å². The summed E-state index contributed by atoms with van der Waals surface area (Å²) in [6.45, 7) is 0. The molecular weight excluding hydrogens is 264 g/mol. The molecule has 2 fully saturated rings. The Hall–Kier alpha value is -1.04. The minimum atomic E-state index is 0.951. The van der Waals surface area contributed by atoms with Crippen LogP contribution >= 0.6 is 0 Å². The Balaban J connectivity index is 1.72. The fourth-order valence-electron chi connectivity index (χ4n) is 5.07. The molecule has 0 saturated heterocycles. The zero-order chi connectivity index (χ0) is 15.0. The topological polar surface area (TPSA) is 0 Å². The quantitative estimate of drug-likeness (QED) is 0.510. The zero-order valence-corrected chi connectivity index (χ0v) is 14.0. The molecular formula is C22H32. The van der Waals surface area contributed by atoms with Gasteiger partial charge in [0.1, 0.15) is 0 Å². The summed E-state index contributed by atoms with van der Waals surface area (Å²) < 4.78 is 0. The monoisotopic (exact) mass is 296 g/mol. The highest BCUT2D eigenvalue weighted by atomic mass is 14.4. The molecule has 0 heterocycles. The molecule has 2 bridgehead atoms. The molecule has 0 aliphatic heterocycles. The summed E-state index contributed by atoms with van der Waals surface area (Å²) in [5.74, 6) is 3.93. The van der Waals surface area contributed by atoms with E-state index < -0.39 is 0 Å². The molecule has 0 spiro atoms. The third kappa shape index (κ3) is 4.24. The second-order valence-corrected chi connectivity index (χ2v) is 7.48. The van der Waals surface area contributed by atoms with Crippen LogP contribution in [0.1, 0.15) is 64.2 Å². The normalized spacial score (nSPS) is 39.7. The summed E-state index contributed by atoms with van der Waals surface area (Å²) in [4.78, 5) is 0. The Morgan fingerprint density at radius 3 is 1.55 bits per heavy atom. The first-order valence-corrected chi connectivity index (χ1v) is 9.58. The van der Waals surface area contributed by atoms with E-state index in [9.17, 15) is 0 Å². The van der Waals surface area contributed by atoms with Gasteiger partial charge in [-0.2, -0.15) is 0 Å². The van der Waals surface area contributed by atoms with Crippen LogP contribution in [-0.2, 0) is 0 Å². The summed E-state index contributed by atoms with van der Waals surface area (Å²) in [6.07, 6.45) is 32.4. The summed E-state index contributed by atoms with van der Waals surface area (Å²) >= 11 is 0. The first kappa shape index (κ1) is 15.8. The first-order valence-electron chi connectivity index (χ1n) is 9.58. The van der Waals surface area contributed by atoms with E-state index in [-0.39, 0.29) is 0 Å². The van der Waals surface area contributed by atoms with Gasteiger partial charge in [-0.1, -0.05) is 74.3 Å². The van der Waals surface area contributed by atoms with Crippen molar-refractivity contribution in [1.29, 1.82) is 0 Å². The predicted octanol–water partition coefficient (Wildman–Crippen LogP) is 6.62. The van der Waals surface area contributed by atoms with Crippen LogP contribution in [0, 0.1) is 23.7 Å². The van der Waals surface area contributed by atoms with Gasteiger partial charge in [0.15, 0.2) is 0 Å². The van der Waals surface area contributed by atoms with Gasteiger partial charge in [0.25, 0.3) is 0 Å². The number of allylic oxidation sites excluding steroid dienone is 8. The van der Waals surface area contributed by atoms with Crippen LogP contribution in [0.25, 0.3) is 0 Å². The summed E-state index contributed by atoms with van der Waals surface area (Å²) in [6, 6.07) is 0. The molecule has 2 atom stereocenters. The van der Waals surface area contributed by atoms with Crippen LogP contribution in [-0.4, -0.2) is 0 Å². The molecule has 0 heteroatoms. The number of rotatable bonds is 1. The highest BCUT2D eigenvalue weighted by Gasteiger charge is 2.40. The van der Waals surface area contributed by atoms with Crippen LogP contribution < -0.4 is 0 Å². The van der Waals surface area contributed by atoms with Crippen molar-refractivity contribution in [3.05, 3.63) is 48.6 Å². The summed E-state index contributed by atoms with van der Waals surface area (Å²) in [7, 11) is 0. The zero-order valence-electron chi connectivity index (χ0n) is 14.0. The summed E-state index contributed by atoms with van der Waals surface area (Å²) in [5, 5.41) is 0. The molecule has 120 valence electrons. The van der Waals surface area contributed by atoms with Gasteiger partial charge in [-0.15, -0.1) is 0 Å². The van der Waals surface area contributed by atoms with E-state index in [4.69, 9.17) is 0 Å². The molecule has 0 amide bonds. The van der Waals surface area contributed by atoms with Crippen molar-refractivity contribution in [1.82, 2.24) is 0 Å². The number of fused-ring (bicyclic) bond motifs is 2. The molecule has 3 rings (SSSR count). The Morgan fingerprint density at radius 2 is 1.00 bits per heavy atom. The maximum absolute atomic E-state index is 2.44. The maximum Gasteiger partial charge on any atom is -0.0313 e. The molecule has 0 aromatic rings. The van der Waals surface area contributed by atoms with Gasteiger partial charge in [-0.3, -0.25) is 0 Å². The highest BCUT2D eigenvalue weighted by molar-refractivity contribution is 5.08. The predicted molar refractivity (Wildman–Crippen MR) is 96.7 cm³/mol. The van der Waals surface area contributed by atoms with Gasteiger partial charge in [-0.25, -0.2) is 0 Å². The lowest BCUT2D eigenvalue weighted by Gasteiger charge is -2.30. The largest absolute Gasteiger partial charge is 0.0843 e. The van der Waals surface area contributed by atoms with Gasteiger partial charge in [0.2, 0.25) is 0 Å². The van der Waals surface area contributed by atoms with Crippen LogP contribution in [0.2, 0.25) is 0 Å². The lowest BCUT2D eigenvalue weighted by Crippen LogP contribution is -2.22. The lowest BCUT2D eigenvalue weighted by atomic mass is 9.75. The molecule has 0 radical (unpaired) electrons. The Bertz CT molecular complexity index is 397. The number of hydrogen-bond acceptors (Lipinski definition) is 0. The molecule has 2 unspecified atom stereocenters. The number of hydrogen-bond donors (Lipinski definition) is 0. The van der Waals surface area contributed by atoms with Gasteiger partial charge < -0.3 is 0 Å². The van der Waals surface area contributed by atoms with Crippen LogP contribution in [0.5, 0.6) is 0 Å². The molecule has 22 heavy (non-hydrogen) atoms. The lowest BCUT2D eigenvalue weighted by molar-refractivity contribution is 0.207. The van der Waals surface area contributed by atoms with Crippen LogP contribution in [0.15, 0.2) is 48.6 Å². The Morgan fingerprint density at radius 1 is 0.500 bits per heavy atom. The maximum atomic E-state index is 2.44. The van der Waals surface area contributed by atoms with Crippen molar-refractivity contribution in [2.24, 2.45) is 23.7 Å². The van der Waals surface area contributed by atoms with Crippen LogP contribution in [0.3, 0.4) is 0 Å². The Labute approximate surface area is 137 Å². The summed E-state index contributed by atoms with van der Waals surface area (Å²) in [5.41, 5.74) is 0. The smallest absolute Gasteiger partial charge is 0.0313 e. The minimum Gasteiger partial charge on any atom is -0.0843 e. The third-order valence-corrected chi connectivity index (χ3v) is 6.09. The molecule has 2 saturated carbocycles. The highest BCUT2D eigenvalue weighted by Crippen LogP contribution is 2.49. The average Bonchev–Trinajstić information content (AvgIpc) is 3.16. The third-order valence-electron chi connectivity index (χ3n) is 6.09. The van der Waals surface area contributed by atoms with E-state index in [1.54, 1.807) is 0 Å². The van der Waals surface area contributed by atoms with Crippen molar-refractivity contribution >= 4 is 0 Å². The second kappa shape index (κ2) is 8.56. The second-order valence-electron chi connectivity index (χ2n) is 7.48. The molecule has 0 nitrogen and oxygen atoms in total. The van der Waals surface area contributed by atoms with Crippen molar-refractivity contribution < 1.29 is 0 Å². The van der Waals surface area contributed by atoms with Crippen molar-refractivity contribution in [3.63, 3.8) is 0 Å². The minimum absolute atomic E-state index is 0.951. The molecule has 0 aromatic heterocycles. The van der Waals surface area contributed by atoms with Gasteiger partial charge >= 0.3 is 0 Å². The van der Waals surface area contributed by atoms with E-state index in [1.807, 2.05) is 0 Å². The van der Waals surface area contributed by atoms with Crippen molar-refractivity contribution in [3.8, 4) is 0 Å². The molecule has 3 aliphatic carbocycles. The van der Waals surface area contributed by atoms with E-state index in [0.29, 0.717) is 0 Å². The van der Waals surface area contributed by atoms with Crippen LogP contribution in [0.4, 0.5) is 0 Å². The van der Waals surface area contributed by atoms with Crippen molar-refractivity contribution in [2.45, 2.75) is 64.2 Å².